The lowest BCUT2D eigenvalue weighted by Gasteiger charge is -2.14. The Kier molecular flexibility index (Phi) is 7.46. The van der Waals surface area contributed by atoms with Crippen LogP contribution in [0.3, 0.4) is 0 Å². The van der Waals surface area contributed by atoms with Crippen LogP contribution in [0, 0.1) is 13.8 Å². The first-order chi connectivity index (χ1) is 16.4. The number of nitrogens with one attached hydrogen (secondary N) is 1. The number of hydrogen-bond donors (Lipinski definition) is 1. The Hall–Kier alpha value is -3.00. The number of ether oxygens (including phenoxy) is 1. The average Bonchev–Trinajstić information content (AvgIpc) is 3.23. The molecule has 0 aliphatic carbocycles. The van der Waals surface area contributed by atoms with Crippen LogP contribution in [0.25, 0.3) is 17.1 Å². The van der Waals surface area contributed by atoms with Crippen LogP contribution in [0.15, 0.2) is 65.8 Å². The molecule has 1 heterocycles. The van der Waals surface area contributed by atoms with Gasteiger partial charge < -0.3 is 10.1 Å². The van der Waals surface area contributed by atoms with Crippen molar-refractivity contribution >= 4 is 46.6 Å². The number of thioether (sulfide) groups is 1. The SMILES string of the molecule is COc1ccccc1-n1c(SCC(=O)Nc2cc(C)ccc2C)nnc1-c1ccc(Cl)cc1Cl. The summed E-state index contributed by atoms with van der Waals surface area (Å²) in [7, 11) is 1.60. The summed E-state index contributed by atoms with van der Waals surface area (Å²) in [5.41, 5.74) is 4.27. The zero-order valence-electron chi connectivity index (χ0n) is 18.8. The number of anilines is 1. The van der Waals surface area contributed by atoms with Crippen molar-refractivity contribution < 1.29 is 9.53 Å². The molecule has 4 rings (SSSR count). The molecular formula is C25H22Cl2N4O2S. The Morgan fingerprint density at radius 2 is 1.85 bits per heavy atom. The minimum atomic E-state index is -0.139. The summed E-state index contributed by atoms with van der Waals surface area (Å²) in [5, 5.41) is 13.2. The lowest BCUT2D eigenvalue weighted by molar-refractivity contribution is -0.113. The summed E-state index contributed by atoms with van der Waals surface area (Å²) in [5.74, 6) is 1.16. The fraction of sp³-hybridized carbons (Fsp3) is 0.160. The molecule has 9 heteroatoms. The zero-order valence-corrected chi connectivity index (χ0v) is 21.1. The number of para-hydroxylation sites is 2. The Morgan fingerprint density at radius 1 is 1.06 bits per heavy atom. The van der Waals surface area contributed by atoms with Crippen LogP contribution in [0.2, 0.25) is 10.0 Å². The minimum absolute atomic E-state index is 0.139. The van der Waals surface area contributed by atoms with Crippen molar-refractivity contribution in [1.82, 2.24) is 14.8 Å². The van der Waals surface area contributed by atoms with Crippen molar-refractivity contribution in [2.75, 3.05) is 18.2 Å². The van der Waals surface area contributed by atoms with Crippen LogP contribution in [0.1, 0.15) is 11.1 Å². The standard InChI is InChI=1S/C25H22Cl2N4O2S/c1-15-8-9-16(2)20(12-15)28-23(32)14-34-25-30-29-24(18-11-10-17(26)13-19(18)27)31(25)21-6-4-5-7-22(21)33-3/h4-13H,14H2,1-3H3,(H,28,32). The molecule has 0 aliphatic rings. The summed E-state index contributed by atoms with van der Waals surface area (Å²) in [6, 6.07) is 18.7. The predicted octanol–water partition coefficient (Wildman–Crippen LogP) is 6.60. The van der Waals surface area contributed by atoms with Gasteiger partial charge in [0.1, 0.15) is 5.75 Å². The third-order valence-electron chi connectivity index (χ3n) is 5.13. The maximum atomic E-state index is 12.7. The summed E-state index contributed by atoms with van der Waals surface area (Å²) < 4.78 is 7.41. The Labute approximate surface area is 212 Å². The molecule has 1 N–H and O–H groups in total. The first kappa shape index (κ1) is 24.1. The number of halogens is 2. The number of aryl methyl sites for hydroxylation is 2. The van der Waals surface area contributed by atoms with Crippen molar-refractivity contribution in [3.63, 3.8) is 0 Å². The molecule has 0 bridgehead atoms. The second kappa shape index (κ2) is 10.5. The molecule has 3 aromatic carbocycles. The first-order valence-electron chi connectivity index (χ1n) is 10.4. The second-order valence-electron chi connectivity index (χ2n) is 7.59. The third-order valence-corrected chi connectivity index (χ3v) is 6.61. The number of carbonyl (C=O) groups excluding carboxylic acids is 1. The molecule has 4 aromatic rings. The van der Waals surface area contributed by atoms with Crippen molar-refractivity contribution in [1.29, 1.82) is 0 Å². The molecule has 174 valence electrons. The van der Waals surface area contributed by atoms with E-state index in [1.807, 2.05) is 60.9 Å². The zero-order chi connectivity index (χ0) is 24.2. The van der Waals surface area contributed by atoms with E-state index in [2.05, 4.69) is 15.5 Å². The third kappa shape index (κ3) is 5.22. The number of methoxy groups -OCH3 is 1. The first-order valence-corrected chi connectivity index (χ1v) is 12.2. The molecular weight excluding hydrogens is 491 g/mol. The number of carbonyl (C=O) groups is 1. The number of benzene rings is 3. The highest BCUT2D eigenvalue weighted by Gasteiger charge is 2.21. The molecule has 0 spiro atoms. The normalized spacial score (nSPS) is 10.9. The molecule has 0 aliphatic heterocycles. The fourth-order valence-corrected chi connectivity index (χ4v) is 4.67. The highest BCUT2D eigenvalue weighted by Crippen LogP contribution is 2.36. The van der Waals surface area contributed by atoms with Crippen molar-refractivity contribution in [3.8, 4) is 22.8 Å². The van der Waals surface area contributed by atoms with Crippen LogP contribution in [-0.2, 0) is 4.79 Å². The van der Waals surface area contributed by atoms with E-state index in [1.165, 1.54) is 11.8 Å². The van der Waals surface area contributed by atoms with E-state index in [9.17, 15) is 4.79 Å². The number of amides is 1. The van der Waals surface area contributed by atoms with E-state index in [0.717, 1.165) is 22.5 Å². The van der Waals surface area contributed by atoms with Crippen LogP contribution in [0.5, 0.6) is 5.75 Å². The fourth-order valence-electron chi connectivity index (χ4n) is 3.43. The van der Waals surface area contributed by atoms with Gasteiger partial charge in [-0.1, -0.05) is 59.2 Å². The quantitative estimate of drug-likeness (QED) is 0.282. The highest BCUT2D eigenvalue weighted by molar-refractivity contribution is 7.99. The lowest BCUT2D eigenvalue weighted by Crippen LogP contribution is -2.15. The van der Waals surface area contributed by atoms with Gasteiger partial charge in [-0.2, -0.15) is 0 Å². The van der Waals surface area contributed by atoms with Gasteiger partial charge in [-0.25, -0.2) is 0 Å². The van der Waals surface area contributed by atoms with Gasteiger partial charge in [0.25, 0.3) is 0 Å². The van der Waals surface area contributed by atoms with Crippen LogP contribution < -0.4 is 10.1 Å². The highest BCUT2D eigenvalue weighted by atomic mass is 35.5. The molecule has 0 radical (unpaired) electrons. The molecule has 0 fully saturated rings. The number of rotatable bonds is 7. The van der Waals surface area contributed by atoms with Gasteiger partial charge in [0, 0.05) is 16.3 Å². The molecule has 0 atom stereocenters. The van der Waals surface area contributed by atoms with Crippen molar-refractivity contribution in [3.05, 3.63) is 81.8 Å². The topological polar surface area (TPSA) is 69.0 Å². The monoisotopic (exact) mass is 512 g/mol. The summed E-state index contributed by atoms with van der Waals surface area (Å²) >= 11 is 13.8. The Bertz CT molecular complexity index is 1360. The number of aromatic nitrogens is 3. The molecule has 0 saturated carbocycles. The second-order valence-corrected chi connectivity index (χ2v) is 9.38. The maximum Gasteiger partial charge on any atom is 0.234 e. The van der Waals surface area contributed by atoms with Gasteiger partial charge in [0.2, 0.25) is 5.91 Å². The number of nitrogens with zero attached hydrogens (tertiary/aromatic N) is 3. The van der Waals surface area contributed by atoms with E-state index < -0.39 is 0 Å². The Morgan fingerprint density at radius 3 is 2.62 bits per heavy atom. The van der Waals surface area contributed by atoms with Crippen LogP contribution in [0.4, 0.5) is 5.69 Å². The van der Waals surface area contributed by atoms with E-state index in [1.54, 1.807) is 25.3 Å². The number of hydrogen-bond acceptors (Lipinski definition) is 5. The molecule has 0 saturated heterocycles. The molecule has 6 nitrogen and oxygen atoms in total. The van der Waals surface area contributed by atoms with E-state index in [4.69, 9.17) is 27.9 Å². The smallest absolute Gasteiger partial charge is 0.234 e. The Balaban J connectivity index is 1.68. The lowest BCUT2D eigenvalue weighted by atomic mass is 10.1. The van der Waals surface area contributed by atoms with Crippen LogP contribution >= 0.6 is 35.0 Å². The molecule has 34 heavy (non-hydrogen) atoms. The molecule has 1 amide bonds. The van der Waals surface area contributed by atoms with Gasteiger partial charge in [-0.05, 0) is 61.4 Å². The maximum absolute atomic E-state index is 12.7. The van der Waals surface area contributed by atoms with Gasteiger partial charge >= 0.3 is 0 Å². The van der Waals surface area contributed by atoms with E-state index in [-0.39, 0.29) is 11.7 Å². The molecule has 1 aromatic heterocycles. The summed E-state index contributed by atoms with van der Waals surface area (Å²) in [4.78, 5) is 12.7. The van der Waals surface area contributed by atoms with Crippen molar-refractivity contribution in [2.45, 2.75) is 19.0 Å². The van der Waals surface area contributed by atoms with Gasteiger partial charge in [0.15, 0.2) is 11.0 Å². The molecule has 0 unspecified atom stereocenters. The van der Waals surface area contributed by atoms with Crippen molar-refractivity contribution in [2.24, 2.45) is 0 Å². The average molecular weight is 513 g/mol. The van der Waals surface area contributed by atoms with E-state index >= 15 is 0 Å². The van der Waals surface area contributed by atoms with E-state index in [0.29, 0.717) is 32.3 Å². The minimum Gasteiger partial charge on any atom is -0.495 e. The van der Waals surface area contributed by atoms with Crippen LogP contribution in [-0.4, -0.2) is 33.5 Å². The van der Waals surface area contributed by atoms with Gasteiger partial charge in [-0.3, -0.25) is 9.36 Å². The van der Waals surface area contributed by atoms with Gasteiger partial charge in [0.05, 0.1) is 23.6 Å². The summed E-state index contributed by atoms with van der Waals surface area (Å²) in [6.45, 7) is 3.95. The summed E-state index contributed by atoms with van der Waals surface area (Å²) in [6.07, 6.45) is 0. The predicted molar refractivity (Wildman–Crippen MR) is 139 cm³/mol. The largest absolute Gasteiger partial charge is 0.495 e. The van der Waals surface area contributed by atoms with Gasteiger partial charge in [-0.15, -0.1) is 10.2 Å².